The van der Waals surface area contributed by atoms with E-state index in [1.54, 1.807) is 17.5 Å². The highest BCUT2D eigenvalue weighted by atomic mass is 79.9. The lowest BCUT2D eigenvalue weighted by atomic mass is 10.2. The third-order valence-corrected chi connectivity index (χ3v) is 6.45. The van der Waals surface area contributed by atoms with Crippen LogP contribution in [0.2, 0.25) is 5.02 Å². The highest BCUT2D eigenvalue weighted by Crippen LogP contribution is 2.33. The van der Waals surface area contributed by atoms with Crippen LogP contribution in [0.3, 0.4) is 0 Å². The van der Waals surface area contributed by atoms with Crippen molar-refractivity contribution in [1.29, 1.82) is 0 Å². The first-order chi connectivity index (χ1) is 9.65. The Morgan fingerprint density at radius 1 is 1.25 bits per heavy atom. The number of halogens is 3. The Morgan fingerprint density at radius 3 is 2.85 bits per heavy atom. The second-order valence-electron chi connectivity index (χ2n) is 4.18. The molecule has 0 fully saturated rings. The third kappa shape index (κ3) is 2.86. The Hall–Kier alpha value is -0.620. The molecule has 0 saturated carbocycles. The van der Waals surface area contributed by atoms with Gasteiger partial charge in [-0.1, -0.05) is 11.6 Å². The summed E-state index contributed by atoms with van der Waals surface area (Å²) in [5.74, 6) is 0. The van der Waals surface area contributed by atoms with Gasteiger partial charge in [0.25, 0.3) is 0 Å². The maximum atomic E-state index is 6.19. The van der Waals surface area contributed by atoms with Gasteiger partial charge in [-0.05, 0) is 62.2 Å². The van der Waals surface area contributed by atoms with Gasteiger partial charge in [0.05, 0.1) is 20.0 Å². The van der Waals surface area contributed by atoms with Crippen molar-refractivity contribution in [1.82, 2.24) is 4.98 Å². The molecule has 0 saturated heterocycles. The predicted octanol–water partition coefficient (Wildman–Crippen LogP) is 6.09. The van der Waals surface area contributed by atoms with Gasteiger partial charge in [0.1, 0.15) is 0 Å². The van der Waals surface area contributed by atoms with Gasteiger partial charge in [-0.2, -0.15) is 0 Å². The molecule has 0 atom stereocenters. The van der Waals surface area contributed by atoms with E-state index in [-0.39, 0.29) is 0 Å². The number of rotatable bonds is 3. The van der Waals surface area contributed by atoms with E-state index in [9.17, 15) is 0 Å². The Morgan fingerprint density at radius 2 is 2.10 bits per heavy atom. The minimum Gasteiger partial charge on any atom is -0.378 e. The molecule has 6 heteroatoms. The van der Waals surface area contributed by atoms with E-state index in [1.807, 2.05) is 24.3 Å². The summed E-state index contributed by atoms with van der Waals surface area (Å²) in [6, 6.07) is 9.84. The van der Waals surface area contributed by atoms with E-state index in [4.69, 9.17) is 11.6 Å². The average molecular weight is 433 g/mol. The van der Waals surface area contributed by atoms with Crippen molar-refractivity contribution in [2.24, 2.45) is 0 Å². The van der Waals surface area contributed by atoms with Crippen molar-refractivity contribution < 1.29 is 0 Å². The van der Waals surface area contributed by atoms with Crippen molar-refractivity contribution in [3.63, 3.8) is 0 Å². The van der Waals surface area contributed by atoms with E-state index < -0.39 is 0 Å². The van der Waals surface area contributed by atoms with Gasteiger partial charge >= 0.3 is 0 Å². The van der Waals surface area contributed by atoms with Gasteiger partial charge in [-0.3, -0.25) is 4.98 Å². The van der Waals surface area contributed by atoms with Crippen LogP contribution < -0.4 is 5.32 Å². The van der Waals surface area contributed by atoms with Crippen LogP contribution in [-0.2, 0) is 6.54 Å². The Bertz CT molecular complexity index is 753. The Labute approximate surface area is 142 Å². The molecule has 0 unspecified atom stereocenters. The quantitative estimate of drug-likeness (QED) is 0.542. The third-order valence-electron chi connectivity index (χ3n) is 2.87. The number of benzene rings is 1. The molecule has 0 aliphatic rings. The summed E-state index contributed by atoms with van der Waals surface area (Å²) in [7, 11) is 0. The van der Waals surface area contributed by atoms with Gasteiger partial charge in [0.15, 0.2) is 0 Å². The molecule has 3 aromatic rings. The fourth-order valence-corrected chi connectivity index (χ4v) is 4.27. The van der Waals surface area contributed by atoms with E-state index in [0.29, 0.717) is 0 Å². The smallest absolute Gasteiger partial charge is 0.0948 e. The number of fused-ring (bicyclic) bond motifs is 1. The summed E-state index contributed by atoms with van der Waals surface area (Å²) in [6.45, 7) is 0.752. The van der Waals surface area contributed by atoms with Crippen LogP contribution in [0.15, 0.2) is 44.8 Å². The van der Waals surface area contributed by atoms with E-state index >= 15 is 0 Å². The van der Waals surface area contributed by atoms with Crippen LogP contribution in [0.25, 0.3) is 10.9 Å². The number of nitrogens with zero attached hydrogens (tertiary/aromatic N) is 1. The number of anilines is 1. The highest BCUT2D eigenvalue weighted by Gasteiger charge is 2.07. The molecule has 20 heavy (non-hydrogen) atoms. The largest absolute Gasteiger partial charge is 0.378 e. The molecular weight excluding hydrogens is 423 g/mol. The number of hydrogen-bond donors (Lipinski definition) is 1. The molecule has 102 valence electrons. The van der Waals surface area contributed by atoms with E-state index in [2.05, 4.69) is 48.2 Å². The predicted molar refractivity (Wildman–Crippen MR) is 93.8 cm³/mol. The van der Waals surface area contributed by atoms with Crippen LogP contribution >= 0.6 is 54.8 Å². The molecule has 3 rings (SSSR count). The maximum Gasteiger partial charge on any atom is 0.0948 e. The molecule has 0 radical (unpaired) electrons. The zero-order valence-electron chi connectivity index (χ0n) is 10.2. The van der Waals surface area contributed by atoms with Crippen molar-refractivity contribution in [3.05, 3.63) is 54.7 Å². The number of thiophene rings is 1. The topological polar surface area (TPSA) is 24.9 Å². The Balaban J connectivity index is 1.89. The van der Waals surface area contributed by atoms with Gasteiger partial charge in [0, 0.05) is 27.5 Å². The fourth-order valence-electron chi connectivity index (χ4n) is 1.94. The first-order valence-electron chi connectivity index (χ1n) is 5.86. The van der Waals surface area contributed by atoms with Crippen molar-refractivity contribution in [3.8, 4) is 0 Å². The second-order valence-corrected chi connectivity index (χ2v) is 7.90. The Kier molecular flexibility index (Phi) is 4.31. The van der Waals surface area contributed by atoms with Crippen LogP contribution in [0.5, 0.6) is 0 Å². The van der Waals surface area contributed by atoms with Gasteiger partial charge in [-0.25, -0.2) is 0 Å². The molecule has 2 heterocycles. The average Bonchev–Trinajstić information content (AvgIpc) is 2.77. The first kappa shape index (κ1) is 14.3. The molecule has 0 amide bonds. The summed E-state index contributed by atoms with van der Waals surface area (Å²) in [5.41, 5.74) is 1.89. The minimum atomic E-state index is 0.722. The van der Waals surface area contributed by atoms with Crippen LogP contribution in [0.4, 0.5) is 5.69 Å². The molecule has 0 bridgehead atoms. The van der Waals surface area contributed by atoms with E-state index in [1.165, 1.54) is 4.88 Å². The zero-order valence-corrected chi connectivity index (χ0v) is 14.9. The summed E-state index contributed by atoms with van der Waals surface area (Å²) >= 11 is 14.9. The standard InChI is InChI=1S/C14H9Br2ClN2S/c15-10-6-8(20-14(10)16)7-19-12-4-3-11(17)9-2-1-5-18-13(9)12/h1-6,19H,7H2. The van der Waals surface area contributed by atoms with Gasteiger partial charge < -0.3 is 5.32 Å². The van der Waals surface area contributed by atoms with Gasteiger partial charge in [-0.15, -0.1) is 11.3 Å². The number of aromatic nitrogens is 1. The SMILES string of the molecule is Clc1ccc(NCc2cc(Br)c(Br)s2)c2ncccc12. The molecule has 1 N–H and O–H groups in total. The van der Waals surface area contributed by atoms with E-state index in [0.717, 1.165) is 36.4 Å². The van der Waals surface area contributed by atoms with Crippen LogP contribution in [-0.4, -0.2) is 4.98 Å². The minimum absolute atomic E-state index is 0.722. The summed E-state index contributed by atoms with van der Waals surface area (Å²) < 4.78 is 2.19. The lowest BCUT2D eigenvalue weighted by Crippen LogP contribution is -1.99. The van der Waals surface area contributed by atoms with Crippen LogP contribution in [0, 0.1) is 0 Å². The number of hydrogen-bond acceptors (Lipinski definition) is 3. The zero-order chi connectivity index (χ0) is 14.1. The molecule has 0 spiro atoms. The normalized spacial score (nSPS) is 10.9. The fraction of sp³-hybridized carbons (Fsp3) is 0.0714. The number of nitrogens with one attached hydrogen (secondary N) is 1. The lowest BCUT2D eigenvalue weighted by Gasteiger charge is -2.09. The van der Waals surface area contributed by atoms with Crippen molar-refractivity contribution >= 4 is 71.4 Å². The summed E-state index contributed by atoms with van der Waals surface area (Å²) in [5, 5.41) is 5.11. The molecule has 1 aromatic carbocycles. The second kappa shape index (κ2) is 6.02. The summed E-state index contributed by atoms with van der Waals surface area (Å²) in [6.07, 6.45) is 1.78. The summed E-state index contributed by atoms with van der Waals surface area (Å²) in [4.78, 5) is 5.65. The first-order valence-corrected chi connectivity index (χ1v) is 8.64. The molecule has 0 aliphatic heterocycles. The molecular formula is C14H9Br2ClN2S. The molecule has 0 aliphatic carbocycles. The highest BCUT2D eigenvalue weighted by molar-refractivity contribution is 9.13. The van der Waals surface area contributed by atoms with Crippen molar-refractivity contribution in [2.45, 2.75) is 6.54 Å². The number of pyridine rings is 1. The van der Waals surface area contributed by atoms with Crippen LogP contribution in [0.1, 0.15) is 4.88 Å². The molecule has 2 aromatic heterocycles. The molecule has 2 nitrogen and oxygen atoms in total. The lowest BCUT2D eigenvalue weighted by molar-refractivity contribution is 1.19. The van der Waals surface area contributed by atoms with Gasteiger partial charge in [0.2, 0.25) is 0 Å². The maximum absolute atomic E-state index is 6.19. The monoisotopic (exact) mass is 430 g/mol. The van der Waals surface area contributed by atoms with Crippen molar-refractivity contribution in [2.75, 3.05) is 5.32 Å².